The molecule has 0 aliphatic rings. The van der Waals surface area contributed by atoms with Gasteiger partial charge in [-0.05, 0) is 84.3 Å². The van der Waals surface area contributed by atoms with Crippen LogP contribution in [0.4, 0.5) is 5.69 Å². The summed E-state index contributed by atoms with van der Waals surface area (Å²) in [7, 11) is 0. The van der Waals surface area contributed by atoms with Crippen molar-refractivity contribution in [1.82, 2.24) is 0 Å². The average Bonchev–Trinajstić information content (AvgIpc) is 2.35. The Morgan fingerprint density at radius 2 is 1.61 bits per heavy atom. The van der Waals surface area contributed by atoms with E-state index in [0.29, 0.717) is 6.04 Å². The molecule has 0 saturated heterocycles. The van der Waals surface area contributed by atoms with Crippen molar-refractivity contribution in [2.75, 3.05) is 5.32 Å². The lowest BCUT2D eigenvalue weighted by Crippen LogP contribution is -2.06. The summed E-state index contributed by atoms with van der Waals surface area (Å²) in [5.41, 5.74) is 5.20. The Bertz CT molecular complexity index is 531. The lowest BCUT2D eigenvalue weighted by molar-refractivity contribution is 0.881. The fraction of sp³-hybridized carbons (Fsp3) is 0.250. The standard InChI is InChI=1S/C16H18IN/c1-11-4-5-14(10-12(11)2)13(3)18-16-8-6-15(17)7-9-16/h4-10,13,18H,1-3H3. The van der Waals surface area contributed by atoms with Gasteiger partial charge in [0.1, 0.15) is 0 Å². The fourth-order valence-electron chi connectivity index (χ4n) is 1.91. The molecule has 2 rings (SSSR count). The SMILES string of the molecule is Cc1ccc(C(C)Nc2ccc(I)cc2)cc1C. The van der Waals surface area contributed by atoms with Gasteiger partial charge >= 0.3 is 0 Å². The molecular weight excluding hydrogens is 333 g/mol. The molecule has 2 aromatic rings. The summed E-state index contributed by atoms with van der Waals surface area (Å²) < 4.78 is 1.26. The first kappa shape index (κ1) is 13.4. The molecule has 0 amide bonds. The van der Waals surface area contributed by atoms with Gasteiger partial charge < -0.3 is 5.32 Å². The van der Waals surface area contributed by atoms with E-state index in [4.69, 9.17) is 0 Å². The Labute approximate surface area is 123 Å². The molecule has 0 heterocycles. The van der Waals surface area contributed by atoms with Gasteiger partial charge in [0, 0.05) is 15.3 Å². The van der Waals surface area contributed by atoms with Crippen LogP contribution < -0.4 is 5.32 Å². The van der Waals surface area contributed by atoms with Crippen molar-refractivity contribution < 1.29 is 0 Å². The van der Waals surface area contributed by atoms with Gasteiger partial charge in [-0.25, -0.2) is 0 Å². The Kier molecular flexibility index (Phi) is 4.27. The van der Waals surface area contributed by atoms with Crippen LogP contribution in [0.3, 0.4) is 0 Å². The summed E-state index contributed by atoms with van der Waals surface area (Å²) in [6.45, 7) is 6.51. The highest BCUT2D eigenvalue weighted by atomic mass is 127. The topological polar surface area (TPSA) is 12.0 Å². The number of rotatable bonds is 3. The first-order chi connectivity index (χ1) is 8.56. The number of aryl methyl sites for hydroxylation is 2. The minimum absolute atomic E-state index is 0.323. The molecular formula is C16H18IN. The van der Waals surface area contributed by atoms with Crippen molar-refractivity contribution in [1.29, 1.82) is 0 Å². The van der Waals surface area contributed by atoms with Gasteiger partial charge in [0.25, 0.3) is 0 Å². The molecule has 2 heteroatoms. The van der Waals surface area contributed by atoms with Crippen LogP contribution in [0.1, 0.15) is 29.7 Å². The summed E-state index contributed by atoms with van der Waals surface area (Å²) in [6.07, 6.45) is 0. The molecule has 2 aromatic carbocycles. The zero-order valence-electron chi connectivity index (χ0n) is 11.0. The number of anilines is 1. The van der Waals surface area contributed by atoms with Crippen LogP contribution in [-0.2, 0) is 0 Å². The van der Waals surface area contributed by atoms with E-state index in [1.54, 1.807) is 0 Å². The van der Waals surface area contributed by atoms with E-state index in [1.165, 1.54) is 25.9 Å². The van der Waals surface area contributed by atoms with Crippen molar-refractivity contribution in [3.05, 3.63) is 62.7 Å². The number of halogens is 1. The van der Waals surface area contributed by atoms with E-state index in [9.17, 15) is 0 Å². The quantitative estimate of drug-likeness (QED) is 0.761. The summed E-state index contributed by atoms with van der Waals surface area (Å²) in [5, 5.41) is 3.53. The first-order valence-corrected chi connectivity index (χ1v) is 7.23. The molecule has 1 N–H and O–H groups in total. The van der Waals surface area contributed by atoms with Crippen LogP contribution in [0, 0.1) is 17.4 Å². The third-order valence-corrected chi connectivity index (χ3v) is 3.98. The zero-order chi connectivity index (χ0) is 13.1. The second-order valence-corrected chi connectivity index (χ2v) is 5.96. The first-order valence-electron chi connectivity index (χ1n) is 6.15. The molecule has 94 valence electrons. The lowest BCUT2D eigenvalue weighted by atomic mass is 10.0. The van der Waals surface area contributed by atoms with Crippen molar-refractivity contribution in [3.8, 4) is 0 Å². The summed E-state index contributed by atoms with van der Waals surface area (Å²) in [5.74, 6) is 0. The molecule has 1 atom stereocenters. The Morgan fingerprint density at radius 1 is 0.944 bits per heavy atom. The molecule has 0 spiro atoms. The van der Waals surface area contributed by atoms with Crippen molar-refractivity contribution >= 4 is 28.3 Å². The fourth-order valence-corrected chi connectivity index (χ4v) is 2.27. The van der Waals surface area contributed by atoms with E-state index in [1.807, 2.05) is 0 Å². The number of hydrogen-bond acceptors (Lipinski definition) is 1. The van der Waals surface area contributed by atoms with Crippen LogP contribution in [0.25, 0.3) is 0 Å². The van der Waals surface area contributed by atoms with Gasteiger partial charge in [0.15, 0.2) is 0 Å². The summed E-state index contributed by atoms with van der Waals surface area (Å²) in [6, 6.07) is 15.5. The minimum atomic E-state index is 0.323. The Balaban J connectivity index is 2.13. The molecule has 1 nitrogen and oxygen atoms in total. The molecule has 0 saturated carbocycles. The van der Waals surface area contributed by atoms with E-state index in [2.05, 4.69) is 91.1 Å². The van der Waals surface area contributed by atoms with Crippen molar-refractivity contribution in [2.45, 2.75) is 26.8 Å². The Morgan fingerprint density at radius 3 is 2.22 bits per heavy atom. The maximum atomic E-state index is 3.53. The molecule has 18 heavy (non-hydrogen) atoms. The van der Waals surface area contributed by atoms with Crippen LogP contribution in [0.2, 0.25) is 0 Å². The molecule has 1 unspecified atom stereocenters. The monoisotopic (exact) mass is 351 g/mol. The van der Waals surface area contributed by atoms with E-state index < -0.39 is 0 Å². The maximum absolute atomic E-state index is 3.53. The largest absolute Gasteiger partial charge is 0.379 e. The van der Waals surface area contributed by atoms with Crippen LogP contribution in [-0.4, -0.2) is 0 Å². The highest BCUT2D eigenvalue weighted by molar-refractivity contribution is 14.1. The third kappa shape index (κ3) is 3.25. The van der Waals surface area contributed by atoms with Crippen molar-refractivity contribution in [3.63, 3.8) is 0 Å². The van der Waals surface area contributed by atoms with Gasteiger partial charge in [-0.3, -0.25) is 0 Å². The van der Waals surface area contributed by atoms with Gasteiger partial charge in [0.2, 0.25) is 0 Å². The minimum Gasteiger partial charge on any atom is -0.379 e. The smallest absolute Gasteiger partial charge is 0.0485 e. The highest BCUT2D eigenvalue weighted by Gasteiger charge is 2.06. The van der Waals surface area contributed by atoms with Gasteiger partial charge in [-0.1, -0.05) is 18.2 Å². The molecule has 0 bridgehead atoms. The molecule has 0 fully saturated rings. The Hall–Kier alpha value is -1.03. The number of hydrogen-bond donors (Lipinski definition) is 1. The molecule has 0 aliphatic heterocycles. The number of nitrogens with one attached hydrogen (secondary N) is 1. The van der Waals surface area contributed by atoms with E-state index >= 15 is 0 Å². The lowest BCUT2D eigenvalue weighted by Gasteiger charge is -2.17. The zero-order valence-corrected chi connectivity index (χ0v) is 13.2. The van der Waals surface area contributed by atoms with E-state index in [-0.39, 0.29) is 0 Å². The van der Waals surface area contributed by atoms with Gasteiger partial charge in [0.05, 0.1) is 0 Å². The second kappa shape index (κ2) is 5.74. The van der Waals surface area contributed by atoms with Crippen LogP contribution >= 0.6 is 22.6 Å². The average molecular weight is 351 g/mol. The third-order valence-electron chi connectivity index (χ3n) is 3.26. The molecule has 0 aromatic heterocycles. The van der Waals surface area contributed by atoms with Gasteiger partial charge in [-0.2, -0.15) is 0 Å². The predicted molar refractivity (Wildman–Crippen MR) is 87.1 cm³/mol. The van der Waals surface area contributed by atoms with Crippen LogP contribution in [0.5, 0.6) is 0 Å². The summed E-state index contributed by atoms with van der Waals surface area (Å²) in [4.78, 5) is 0. The highest BCUT2D eigenvalue weighted by Crippen LogP contribution is 2.21. The second-order valence-electron chi connectivity index (χ2n) is 4.72. The molecule has 0 radical (unpaired) electrons. The van der Waals surface area contributed by atoms with Crippen molar-refractivity contribution in [2.24, 2.45) is 0 Å². The normalized spacial score (nSPS) is 12.2. The maximum Gasteiger partial charge on any atom is 0.0485 e. The summed E-state index contributed by atoms with van der Waals surface area (Å²) >= 11 is 2.32. The van der Waals surface area contributed by atoms with E-state index in [0.717, 1.165) is 0 Å². The molecule has 0 aliphatic carbocycles. The van der Waals surface area contributed by atoms with Gasteiger partial charge in [-0.15, -0.1) is 0 Å². The van der Waals surface area contributed by atoms with Crippen LogP contribution in [0.15, 0.2) is 42.5 Å². The number of benzene rings is 2. The predicted octanol–water partition coefficient (Wildman–Crippen LogP) is 5.08.